The highest BCUT2D eigenvalue weighted by atomic mass is 32.2. The molecular formula is C24H17N3O2S. The number of hydrogen-bond donors (Lipinski definition) is 0. The Morgan fingerprint density at radius 2 is 1.40 bits per heavy atom. The van der Waals surface area contributed by atoms with Crippen LogP contribution in [0.2, 0.25) is 0 Å². The molecule has 1 saturated heterocycles. The van der Waals surface area contributed by atoms with Gasteiger partial charge in [0.05, 0.1) is 27.5 Å². The molecule has 2 aliphatic rings. The Labute approximate surface area is 178 Å². The lowest BCUT2D eigenvalue weighted by Gasteiger charge is -2.15. The van der Waals surface area contributed by atoms with Crippen molar-refractivity contribution in [3.05, 3.63) is 95.4 Å². The van der Waals surface area contributed by atoms with Crippen LogP contribution >= 0.6 is 11.8 Å². The van der Waals surface area contributed by atoms with Gasteiger partial charge < -0.3 is 4.90 Å². The van der Waals surface area contributed by atoms with E-state index in [2.05, 4.69) is 0 Å². The number of benzene rings is 3. The monoisotopic (exact) mass is 411 g/mol. The van der Waals surface area contributed by atoms with Crippen LogP contribution in [0.4, 0.5) is 17.1 Å². The summed E-state index contributed by atoms with van der Waals surface area (Å²) in [5.41, 5.74) is 3.47. The third-order valence-electron chi connectivity index (χ3n) is 5.06. The Morgan fingerprint density at radius 1 is 0.767 bits per heavy atom. The third kappa shape index (κ3) is 2.93. The van der Waals surface area contributed by atoms with Crippen molar-refractivity contribution in [1.82, 2.24) is 0 Å². The number of fused-ring (bicyclic) bond motifs is 1. The maximum atomic E-state index is 13.6. The number of amides is 2. The number of anilines is 2. The number of rotatable bonds is 2. The minimum Gasteiger partial charge on any atom is -0.311 e. The molecule has 5 rings (SSSR count). The largest absolute Gasteiger partial charge is 0.311 e. The van der Waals surface area contributed by atoms with Crippen LogP contribution in [0.15, 0.2) is 94.8 Å². The van der Waals surface area contributed by atoms with E-state index >= 15 is 0 Å². The smallest absolute Gasteiger partial charge is 0.272 e. The Morgan fingerprint density at radius 3 is 2.13 bits per heavy atom. The molecule has 5 nitrogen and oxygen atoms in total. The first kappa shape index (κ1) is 18.4. The number of carbonyl (C=O) groups is 2. The molecule has 2 aliphatic heterocycles. The summed E-state index contributed by atoms with van der Waals surface area (Å²) in [4.78, 5) is 34.9. The number of amidine groups is 1. The van der Waals surface area contributed by atoms with Crippen molar-refractivity contribution in [2.75, 3.05) is 16.8 Å². The third-order valence-corrected chi connectivity index (χ3v) is 6.10. The fraction of sp³-hybridized carbons (Fsp3) is 0.0417. The second-order valence-corrected chi connectivity index (χ2v) is 7.87. The van der Waals surface area contributed by atoms with Gasteiger partial charge in [0.1, 0.15) is 0 Å². The van der Waals surface area contributed by atoms with E-state index in [4.69, 9.17) is 4.99 Å². The molecule has 146 valence electrons. The highest BCUT2D eigenvalue weighted by molar-refractivity contribution is 8.19. The van der Waals surface area contributed by atoms with Crippen molar-refractivity contribution >= 4 is 51.4 Å². The minimum absolute atomic E-state index is 0.180. The zero-order chi connectivity index (χ0) is 20.7. The van der Waals surface area contributed by atoms with Crippen molar-refractivity contribution in [3.63, 3.8) is 0 Å². The van der Waals surface area contributed by atoms with E-state index in [1.165, 1.54) is 11.8 Å². The molecule has 0 saturated carbocycles. The normalized spacial score (nSPS) is 19.7. The second kappa shape index (κ2) is 7.31. The lowest BCUT2D eigenvalue weighted by atomic mass is 10.1. The lowest BCUT2D eigenvalue weighted by Crippen LogP contribution is -2.29. The standard InChI is InChI=1S/C24H17N3O2S/c1-26-19-15-9-8-14-18(19)20(22(26)28)21-23(29)27(17-12-6-3-7-13-17)24(30-21)25-16-10-4-2-5-11-16/h2-15H,1H3/b21-20-,25-24?. The summed E-state index contributed by atoms with van der Waals surface area (Å²) < 4.78 is 0. The summed E-state index contributed by atoms with van der Waals surface area (Å²) in [6, 6.07) is 26.4. The number of para-hydroxylation sites is 3. The summed E-state index contributed by atoms with van der Waals surface area (Å²) in [6.45, 7) is 0. The molecular weight excluding hydrogens is 394 g/mol. The molecule has 6 heteroatoms. The number of likely N-dealkylation sites (N-methyl/N-ethyl adjacent to an activating group) is 1. The van der Waals surface area contributed by atoms with Crippen molar-refractivity contribution in [2.24, 2.45) is 4.99 Å². The number of nitrogens with zero attached hydrogens (tertiary/aromatic N) is 3. The maximum absolute atomic E-state index is 13.6. The van der Waals surface area contributed by atoms with Crippen molar-refractivity contribution in [3.8, 4) is 0 Å². The van der Waals surface area contributed by atoms with Gasteiger partial charge in [0.2, 0.25) is 0 Å². The van der Waals surface area contributed by atoms with E-state index in [1.54, 1.807) is 16.8 Å². The number of carbonyl (C=O) groups excluding carboxylic acids is 2. The van der Waals surface area contributed by atoms with Gasteiger partial charge in [-0.1, -0.05) is 54.6 Å². The van der Waals surface area contributed by atoms with Crippen LogP contribution in [0.25, 0.3) is 5.57 Å². The first-order valence-electron chi connectivity index (χ1n) is 9.48. The zero-order valence-corrected chi connectivity index (χ0v) is 17.0. The van der Waals surface area contributed by atoms with E-state index in [9.17, 15) is 9.59 Å². The van der Waals surface area contributed by atoms with Crippen LogP contribution in [0.1, 0.15) is 5.56 Å². The van der Waals surface area contributed by atoms with E-state index in [1.807, 2.05) is 84.9 Å². The zero-order valence-electron chi connectivity index (χ0n) is 16.1. The average molecular weight is 411 g/mol. The molecule has 0 bridgehead atoms. The maximum Gasteiger partial charge on any atom is 0.272 e. The van der Waals surface area contributed by atoms with Gasteiger partial charge in [0, 0.05) is 12.6 Å². The molecule has 0 radical (unpaired) electrons. The fourth-order valence-corrected chi connectivity index (χ4v) is 4.70. The highest BCUT2D eigenvalue weighted by Crippen LogP contribution is 2.45. The molecule has 3 aromatic carbocycles. The Bertz CT molecular complexity index is 1220. The molecule has 0 unspecified atom stereocenters. The minimum atomic E-state index is -0.241. The molecule has 0 N–H and O–H groups in total. The Balaban J connectivity index is 1.69. The molecule has 2 amide bonds. The van der Waals surface area contributed by atoms with Gasteiger partial charge in [0.25, 0.3) is 11.8 Å². The van der Waals surface area contributed by atoms with Crippen molar-refractivity contribution < 1.29 is 9.59 Å². The van der Waals surface area contributed by atoms with Crippen LogP contribution < -0.4 is 9.80 Å². The molecule has 1 fully saturated rings. The molecule has 2 heterocycles. The summed E-state index contributed by atoms with van der Waals surface area (Å²) in [7, 11) is 1.73. The van der Waals surface area contributed by atoms with Gasteiger partial charge in [-0.05, 0) is 42.1 Å². The molecule has 0 aliphatic carbocycles. The molecule has 0 aromatic heterocycles. The summed E-state index contributed by atoms with van der Waals surface area (Å²) in [5.74, 6) is -0.421. The van der Waals surface area contributed by atoms with Crippen LogP contribution in [0.3, 0.4) is 0 Å². The van der Waals surface area contributed by atoms with Gasteiger partial charge in [-0.3, -0.25) is 14.5 Å². The highest BCUT2D eigenvalue weighted by Gasteiger charge is 2.42. The van der Waals surface area contributed by atoms with Crippen LogP contribution in [-0.4, -0.2) is 24.0 Å². The second-order valence-electron chi connectivity index (χ2n) is 6.89. The Kier molecular flexibility index (Phi) is 4.48. The SMILES string of the molecule is CN1C(=O)/C(=C2\SC(=Nc3ccccc3)N(c3ccccc3)C2=O)c2ccccc21. The van der Waals surface area contributed by atoms with Crippen LogP contribution in [-0.2, 0) is 9.59 Å². The average Bonchev–Trinajstić information content (AvgIpc) is 3.23. The van der Waals surface area contributed by atoms with E-state index in [0.29, 0.717) is 21.3 Å². The summed E-state index contributed by atoms with van der Waals surface area (Å²) >= 11 is 1.24. The van der Waals surface area contributed by atoms with E-state index in [-0.39, 0.29) is 11.8 Å². The molecule has 30 heavy (non-hydrogen) atoms. The quantitative estimate of drug-likeness (QED) is 0.567. The van der Waals surface area contributed by atoms with Gasteiger partial charge in [-0.2, -0.15) is 0 Å². The molecule has 0 atom stereocenters. The van der Waals surface area contributed by atoms with Gasteiger partial charge in [-0.25, -0.2) is 4.99 Å². The summed E-state index contributed by atoms with van der Waals surface area (Å²) in [5, 5.41) is 0.528. The predicted octanol–water partition coefficient (Wildman–Crippen LogP) is 4.84. The van der Waals surface area contributed by atoms with Crippen LogP contribution in [0, 0.1) is 0 Å². The van der Waals surface area contributed by atoms with Gasteiger partial charge in [0.15, 0.2) is 5.17 Å². The summed E-state index contributed by atoms with van der Waals surface area (Å²) in [6.07, 6.45) is 0. The van der Waals surface area contributed by atoms with Gasteiger partial charge >= 0.3 is 0 Å². The van der Waals surface area contributed by atoms with Crippen molar-refractivity contribution in [1.29, 1.82) is 0 Å². The molecule has 3 aromatic rings. The first-order chi connectivity index (χ1) is 14.6. The predicted molar refractivity (Wildman–Crippen MR) is 122 cm³/mol. The lowest BCUT2D eigenvalue weighted by molar-refractivity contribution is -0.115. The van der Waals surface area contributed by atoms with E-state index < -0.39 is 0 Å². The molecule has 0 spiro atoms. The number of hydrogen-bond acceptors (Lipinski definition) is 4. The Hall–Kier alpha value is -3.64. The number of thioether (sulfide) groups is 1. The van der Waals surface area contributed by atoms with Gasteiger partial charge in [-0.15, -0.1) is 0 Å². The number of aliphatic imine (C=N–C) groups is 1. The van der Waals surface area contributed by atoms with Crippen molar-refractivity contribution in [2.45, 2.75) is 0 Å². The first-order valence-corrected chi connectivity index (χ1v) is 10.3. The fourth-order valence-electron chi connectivity index (χ4n) is 3.61. The van der Waals surface area contributed by atoms with E-state index in [0.717, 1.165) is 16.9 Å². The topological polar surface area (TPSA) is 53.0 Å². The van der Waals surface area contributed by atoms with Crippen LogP contribution in [0.5, 0.6) is 0 Å².